The molecule has 1 saturated carbocycles. The number of benzene rings is 1. The number of hydrogen-bond acceptors (Lipinski definition) is 5. The molecule has 1 aromatic carbocycles. The van der Waals surface area contributed by atoms with Crippen molar-refractivity contribution in [3.63, 3.8) is 0 Å². The van der Waals surface area contributed by atoms with Crippen molar-refractivity contribution in [1.29, 1.82) is 0 Å². The summed E-state index contributed by atoms with van der Waals surface area (Å²) in [7, 11) is 0. The van der Waals surface area contributed by atoms with Crippen molar-refractivity contribution in [2.45, 2.75) is 46.1 Å². The van der Waals surface area contributed by atoms with Crippen LogP contribution in [0, 0.1) is 17.0 Å². The van der Waals surface area contributed by atoms with Gasteiger partial charge in [-0.3, -0.25) is 0 Å². The highest BCUT2D eigenvalue weighted by Gasteiger charge is 2.38. The maximum atomic E-state index is 14.4. The van der Waals surface area contributed by atoms with Crippen LogP contribution < -0.4 is 9.47 Å². The van der Waals surface area contributed by atoms with Crippen LogP contribution in [-0.4, -0.2) is 23.2 Å². The van der Waals surface area contributed by atoms with E-state index in [1.54, 1.807) is 20.8 Å². The molecule has 3 rings (SSSR count). The van der Waals surface area contributed by atoms with Crippen LogP contribution in [-0.2, 0) is 4.74 Å². The summed E-state index contributed by atoms with van der Waals surface area (Å²) in [6.07, 6.45) is 3.49. The maximum Gasteiger partial charge on any atom is 0.341 e. The van der Waals surface area contributed by atoms with Crippen LogP contribution in [0.2, 0.25) is 5.02 Å². The lowest BCUT2D eigenvalue weighted by Gasteiger charge is -2.19. The summed E-state index contributed by atoms with van der Waals surface area (Å²) in [6.45, 7) is 7.51. The van der Waals surface area contributed by atoms with E-state index >= 15 is 0 Å². The van der Waals surface area contributed by atoms with Gasteiger partial charge in [-0.05, 0) is 39.7 Å². The Morgan fingerprint density at radius 2 is 1.90 bits per heavy atom. The standard InChI is InChI=1S/C21H22ClF2NO4/c1-20(2,3)29-19(26)13-8-16(24)17(9-15(13)23)28-12-7-14(22)18(25-10-12)27-11-21(4)5-6-21/h7-10H,5-6,11H2,1-4H3. The Hall–Kier alpha value is -2.41. The second kappa shape index (κ2) is 7.78. The van der Waals surface area contributed by atoms with Gasteiger partial charge in [0.2, 0.25) is 5.88 Å². The highest BCUT2D eigenvalue weighted by molar-refractivity contribution is 6.31. The summed E-state index contributed by atoms with van der Waals surface area (Å²) in [4.78, 5) is 16.1. The van der Waals surface area contributed by atoms with Crippen molar-refractivity contribution in [1.82, 2.24) is 4.98 Å². The van der Waals surface area contributed by atoms with Crippen LogP contribution in [0.3, 0.4) is 0 Å². The second-order valence-electron chi connectivity index (χ2n) is 8.42. The van der Waals surface area contributed by atoms with Gasteiger partial charge in [0, 0.05) is 17.5 Å². The van der Waals surface area contributed by atoms with E-state index in [-0.39, 0.29) is 22.1 Å². The average molecular weight is 426 g/mol. The maximum absolute atomic E-state index is 14.4. The first-order chi connectivity index (χ1) is 13.5. The van der Waals surface area contributed by atoms with Crippen LogP contribution >= 0.6 is 11.6 Å². The van der Waals surface area contributed by atoms with E-state index in [0.717, 1.165) is 25.0 Å². The summed E-state index contributed by atoms with van der Waals surface area (Å²) in [5, 5.41) is 0.193. The van der Waals surface area contributed by atoms with Gasteiger partial charge in [-0.2, -0.15) is 0 Å². The Balaban J connectivity index is 1.73. The summed E-state index contributed by atoms with van der Waals surface area (Å²) < 4.78 is 44.7. The van der Waals surface area contributed by atoms with Crippen LogP contribution in [0.5, 0.6) is 17.4 Å². The molecule has 2 aromatic rings. The fourth-order valence-electron chi connectivity index (χ4n) is 2.39. The van der Waals surface area contributed by atoms with Crippen LogP contribution in [0.25, 0.3) is 0 Å². The predicted molar refractivity (Wildman–Crippen MR) is 104 cm³/mol. The van der Waals surface area contributed by atoms with Crippen LogP contribution in [0.1, 0.15) is 50.9 Å². The number of rotatable bonds is 6. The summed E-state index contributed by atoms with van der Waals surface area (Å²) >= 11 is 6.15. The van der Waals surface area contributed by atoms with E-state index in [1.165, 1.54) is 12.3 Å². The third-order valence-corrected chi connectivity index (χ3v) is 4.58. The Morgan fingerprint density at radius 3 is 2.48 bits per heavy atom. The smallest absolute Gasteiger partial charge is 0.341 e. The van der Waals surface area contributed by atoms with Gasteiger partial charge < -0.3 is 14.2 Å². The van der Waals surface area contributed by atoms with Gasteiger partial charge in [0.1, 0.15) is 22.2 Å². The zero-order valence-electron chi connectivity index (χ0n) is 16.6. The molecule has 0 atom stereocenters. The van der Waals surface area contributed by atoms with E-state index < -0.39 is 34.5 Å². The molecule has 156 valence electrons. The predicted octanol–water partition coefficient (Wildman–Crippen LogP) is 5.94. The molecule has 1 aliphatic rings. The fraction of sp³-hybridized carbons (Fsp3) is 0.429. The fourth-order valence-corrected chi connectivity index (χ4v) is 2.60. The zero-order chi connectivity index (χ0) is 21.4. The Kier molecular flexibility index (Phi) is 5.72. The number of aromatic nitrogens is 1. The molecule has 29 heavy (non-hydrogen) atoms. The highest BCUT2D eigenvalue weighted by Crippen LogP contribution is 2.45. The first-order valence-corrected chi connectivity index (χ1v) is 9.52. The van der Waals surface area contributed by atoms with Crippen molar-refractivity contribution in [2.75, 3.05) is 6.61 Å². The Bertz CT molecular complexity index is 939. The monoisotopic (exact) mass is 425 g/mol. The minimum absolute atomic E-state index is 0.100. The summed E-state index contributed by atoms with van der Waals surface area (Å²) in [6, 6.07) is 2.92. The van der Waals surface area contributed by atoms with Crippen LogP contribution in [0.4, 0.5) is 8.78 Å². The lowest BCUT2D eigenvalue weighted by atomic mass is 10.1. The Morgan fingerprint density at radius 1 is 1.21 bits per heavy atom. The number of esters is 1. The molecule has 0 unspecified atom stereocenters. The normalized spacial score (nSPS) is 15.0. The van der Waals surface area contributed by atoms with Crippen molar-refractivity contribution in [2.24, 2.45) is 5.41 Å². The molecule has 0 N–H and O–H groups in total. The molecule has 0 radical (unpaired) electrons. The first-order valence-electron chi connectivity index (χ1n) is 9.14. The van der Waals surface area contributed by atoms with Crippen molar-refractivity contribution < 1.29 is 27.8 Å². The molecule has 0 aliphatic heterocycles. The van der Waals surface area contributed by atoms with Crippen molar-refractivity contribution in [3.8, 4) is 17.4 Å². The summed E-state index contributed by atoms with van der Waals surface area (Å²) in [5.74, 6) is -2.91. The van der Waals surface area contributed by atoms with Gasteiger partial charge in [0.05, 0.1) is 18.4 Å². The van der Waals surface area contributed by atoms with Gasteiger partial charge in [-0.25, -0.2) is 18.6 Å². The van der Waals surface area contributed by atoms with E-state index in [1.807, 2.05) is 0 Å². The first kappa shape index (κ1) is 21.3. The second-order valence-corrected chi connectivity index (χ2v) is 8.83. The number of halogens is 3. The topological polar surface area (TPSA) is 57.7 Å². The van der Waals surface area contributed by atoms with Gasteiger partial charge in [-0.15, -0.1) is 0 Å². The van der Waals surface area contributed by atoms with Gasteiger partial charge in [0.15, 0.2) is 11.6 Å². The van der Waals surface area contributed by atoms with E-state index in [0.29, 0.717) is 6.61 Å². The lowest BCUT2D eigenvalue weighted by Crippen LogP contribution is -2.24. The van der Waals surface area contributed by atoms with Gasteiger partial charge >= 0.3 is 5.97 Å². The number of ether oxygens (including phenoxy) is 3. The Labute approximate surface area is 172 Å². The molecule has 1 fully saturated rings. The van der Waals surface area contributed by atoms with Crippen molar-refractivity contribution >= 4 is 17.6 Å². The molecular weight excluding hydrogens is 404 g/mol. The number of pyridine rings is 1. The highest BCUT2D eigenvalue weighted by atomic mass is 35.5. The molecule has 0 saturated heterocycles. The molecular formula is C21H22ClF2NO4. The van der Waals surface area contributed by atoms with Gasteiger partial charge in [-0.1, -0.05) is 18.5 Å². The summed E-state index contributed by atoms with van der Waals surface area (Å²) in [5.41, 5.74) is -1.19. The minimum Gasteiger partial charge on any atom is -0.476 e. The van der Waals surface area contributed by atoms with E-state index in [4.69, 9.17) is 25.8 Å². The van der Waals surface area contributed by atoms with Gasteiger partial charge in [0.25, 0.3) is 0 Å². The molecule has 0 spiro atoms. The molecule has 1 heterocycles. The largest absolute Gasteiger partial charge is 0.476 e. The van der Waals surface area contributed by atoms with Crippen LogP contribution in [0.15, 0.2) is 24.4 Å². The SMILES string of the molecule is CC1(COc2ncc(Oc3cc(F)c(C(=O)OC(C)(C)C)cc3F)cc2Cl)CC1. The third kappa shape index (κ3) is 5.56. The zero-order valence-corrected chi connectivity index (χ0v) is 17.4. The molecule has 1 aliphatic carbocycles. The molecule has 0 bridgehead atoms. The molecule has 1 aromatic heterocycles. The average Bonchev–Trinajstić information content (AvgIpc) is 3.33. The quantitative estimate of drug-likeness (QED) is 0.536. The molecule has 8 heteroatoms. The molecule has 0 amide bonds. The third-order valence-electron chi connectivity index (χ3n) is 4.31. The van der Waals surface area contributed by atoms with Crippen molar-refractivity contribution in [3.05, 3.63) is 46.6 Å². The number of carbonyl (C=O) groups is 1. The van der Waals surface area contributed by atoms with E-state index in [9.17, 15) is 13.6 Å². The minimum atomic E-state index is -0.965. The number of hydrogen-bond donors (Lipinski definition) is 0. The number of carbonyl (C=O) groups excluding carboxylic acids is 1. The number of nitrogens with zero attached hydrogens (tertiary/aromatic N) is 1. The molecule has 5 nitrogen and oxygen atoms in total. The van der Waals surface area contributed by atoms with E-state index in [2.05, 4.69) is 11.9 Å². The lowest BCUT2D eigenvalue weighted by molar-refractivity contribution is 0.00641.